The number of hydrogen-bond donors (Lipinski definition) is 1. The molecule has 4 nitrogen and oxygen atoms in total. The molecule has 0 atom stereocenters. The monoisotopic (exact) mass is 214 g/mol. The van der Waals surface area contributed by atoms with Gasteiger partial charge in [-0.3, -0.25) is 10.1 Å². The molecule has 5 heteroatoms. The van der Waals surface area contributed by atoms with Crippen LogP contribution in [-0.2, 0) is 0 Å². The van der Waals surface area contributed by atoms with Gasteiger partial charge in [0.2, 0.25) is 0 Å². The molecule has 0 amide bonds. The molecule has 1 rings (SSSR count). The van der Waals surface area contributed by atoms with Crippen molar-refractivity contribution in [2.24, 2.45) is 0 Å². The molecule has 14 heavy (non-hydrogen) atoms. The van der Waals surface area contributed by atoms with Crippen molar-refractivity contribution in [2.45, 2.75) is 6.92 Å². The maximum atomic E-state index is 10.5. The lowest BCUT2D eigenvalue weighted by molar-refractivity contribution is -0.384. The maximum absolute atomic E-state index is 10.5. The molecule has 0 saturated carbocycles. The number of nitrogens with zero attached hydrogens (tertiary/aromatic N) is 1. The van der Waals surface area contributed by atoms with Crippen LogP contribution in [0.1, 0.15) is 12.5 Å². The van der Waals surface area contributed by atoms with Gasteiger partial charge in [-0.25, -0.2) is 0 Å². The van der Waals surface area contributed by atoms with E-state index < -0.39 is 4.92 Å². The summed E-state index contributed by atoms with van der Waals surface area (Å²) in [5.74, 6) is 0.671. The zero-order valence-corrected chi connectivity index (χ0v) is 8.28. The number of halogens is 1. The minimum atomic E-state index is -0.545. The molecule has 1 aromatic rings. The summed E-state index contributed by atoms with van der Waals surface area (Å²) in [4.78, 5) is 9.99. The molecule has 0 aromatic heterocycles. The third-order valence-electron chi connectivity index (χ3n) is 1.87. The maximum Gasteiger partial charge on any atom is 0.288 e. The second-order valence-electron chi connectivity index (χ2n) is 2.86. The van der Waals surface area contributed by atoms with Gasteiger partial charge in [-0.1, -0.05) is 24.6 Å². The van der Waals surface area contributed by atoms with Crippen molar-refractivity contribution < 1.29 is 10.0 Å². The van der Waals surface area contributed by atoms with Gasteiger partial charge in [0.15, 0.2) is 0 Å². The highest BCUT2D eigenvalue weighted by Gasteiger charge is 2.15. The Hall–Kier alpha value is -1.13. The van der Waals surface area contributed by atoms with Gasteiger partial charge in [-0.2, -0.15) is 0 Å². The van der Waals surface area contributed by atoms with Crippen molar-refractivity contribution >= 4 is 17.3 Å². The smallest absolute Gasteiger partial charge is 0.288 e. The SMILES string of the molecule is C[C](CO)c1ccc(Cl)c([N+](=O)[O-])c1. The molecule has 0 fully saturated rings. The lowest BCUT2D eigenvalue weighted by Gasteiger charge is -2.07. The van der Waals surface area contributed by atoms with E-state index in [0.29, 0.717) is 11.5 Å². The third kappa shape index (κ3) is 2.21. The first-order valence-electron chi connectivity index (χ1n) is 3.94. The van der Waals surface area contributed by atoms with Crippen molar-refractivity contribution in [2.75, 3.05) is 6.61 Å². The summed E-state index contributed by atoms with van der Waals surface area (Å²) in [5, 5.41) is 19.5. The molecular weight excluding hydrogens is 206 g/mol. The van der Waals surface area contributed by atoms with Crippen LogP contribution in [0.2, 0.25) is 5.02 Å². The van der Waals surface area contributed by atoms with Crippen LogP contribution in [-0.4, -0.2) is 16.6 Å². The Morgan fingerprint density at radius 2 is 2.29 bits per heavy atom. The second-order valence-corrected chi connectivity index (χ2v) is 3.27. The van der Waals surface area contributed by atoms with Crippen LogP contribution in [0.4, 0.5) is 5.69 Å². The van der Waals surface area contributed by atoms with Crippen LogP contribution in [0.5, 0.6) is 0 Å². The van der Waals surface area contributed by atoms with Crippen LogP contribution in [0.15, 0.2) is 18.2 Å². The Morgan fingerprint density at radius 3 is 2.79 bits per heavy atom. The highest BCUT2D eigenvalue weighted by molar-refractivity contribution is 6.32. The molecule has 1 aromatic carbocycles. The van der Waals surface area contributed by atoms with E-state index >= 15 is 0 Å². The summed E-state index contributed by atoms with van der Waals surface area (Å²) in [6.45, 7) is 1.58. The predicted octanol–water partition coefficient (Wildman–Crippen LogP) is 2.18. The summed E-state index contributed by atoms with van der Waals surface area (Å²) in [6.07, 6.45) is 0. The number of aliphatic hydroxyl groups is 1. The van der Waals surface area contributed by atoms with Crippen molar-refractivity contribution in [1.29, 1.82) is 0 Å². The van der Waals surface area contributed by atoms with Gasteiger partial charge in [-0.05, 0) is 11.6 Å². The van der Waals surface area contributed by atoms with E-state index in [0.717, 1.165) is 0 Å². The molecule has 0 bridgehead atoms. The fraction of sp³-hybridized carbons (Fsp3) is 0.222. The number of benzene rings is 1. The van der Waals surface area contributed by atoms with E-state index in [4.69, 9.17) is 16.7 Å². The van der Waals surface area contributed by atoms with Crippen LogP contribution in [0.25, 0.3) is 0 Å². The Labute approximate surface area is 86.3 Å². The largest absolute Gasteiger partial charge is 0.395 e. The van der Waals surface area contributed by atoms with Gasteiger partial charge in [0.1, 0.15) is 5.02 Å². The van der Waals surface area contributed by atoms with Crippen LogP contribution in [0, 0.1) is 16.0 Å². The number of aliphatic hydroxyl groups excluding tert-OH is 1. The van der Waals surface area contributed by atoms with Crippen molar-refractivity contribution in [3.8, 4) is 0 Å². The predicted molar refractivity (Wildman–Crippen MR) is 53.2 cm³/mol. The number of nitro benzene ring substituents is 1. The van der Waals surface area contributed by atoms with E-state index in [1.54, 1.807) is 13.0 Å². The van der Waals surface area contributed by atoms with Crippen LogP contribution in [0.3, 0.4) is 0 Å². The number of rotatable bonds is 3. The van der Waals surface area contributed by atoms with Crippen LogP contribution < -0.4 is 0 Å². The van der Waals surface area contributed by atoms with Crippen LogP contribution >= 0.6 is 11.6 Å². The number of hydrogen-bond acceptors (Lipinski definition) is 3. The Morgan fingerprint density at radius 1 is 1.64 bits per heavy atom. The first kappa shape index (κ1) is 10.9. The van der Waals surface area contributed by atoms with Crippen molar-refractivity contribution in [1.82, 2.24) is 0 Å². The van der Waals surface area contributed by atoms with E-state index in [2.05, 4.69) is 0 Å². The van der Waals surface area contributed by atoms with Crippen molar-refractivity contribution in [3.63, 3.8) is 0 Å². The van der Waals surface area contributed by atoms with E-state index in [1.807, 2.05) is 0 Å². The van der Waals surface area contributed by atoms with Gasteiger partial charge in [0.05, 0.1) is 11.5 Å². The molecule has 0 heterocycles. The molecule has 0 spiro atoms. The summed E-state index contributed by atoms with van der Waals surface area (Å²) < 4.78 is 0. The summed E-state index contributed by atoms with van der Waals surface area (Å²) in [5.41, 5.74) is 0.487. The van der Waals surface area contributed by atoms with Crippen molar-refractivity contribution in [3.05, 3.63) is 44.8 Å². The molecule has 1 N–H and O–H groups in total. The molecular formula is C9H9ClNO3. The van der Waals surface area contributed by atoms with Gasteiger partial charge in [-0.15, -0.1) is 0 Å². The van der Waals surface area contributed by atoms with Gasteiger partial charge in [0, 0.05) is 12.0 Å². The highest BCUT2D eigenvalue weighted by Crippen LogP contribution is 2.27. The average Bonchev–Trinajstić information content (AvgIpc) is 2.17. The van der Waals surface area contributed by atoms with Gasteiger partial charge >= 0.3 is 0 Å². The molecule has 0 saturated heterocycles. The molecule has 0 aliphatic carbocycles. The van der Waals surface area contributed by atoms with E-state index in [-0.39, 0.29) is 17.3 Å². The zero-order chi connectivity index (χ0) is 10.7. The lowest BCUT2D eigenvalue weighted by Crippen LogP contribution is -2.01. The normalized spacial score (nSPS) is 10.6. The van der Waals surface area contributed by atoms with Gasteiger partial charge < -0.3 is 5.11 Å². The van der Waals surface area contributed by atoms with E-state index in [9.17, 15) is 10.1 Å². The molecule has 0 aliphatic heterocycles. The fourth-order valence-corrected chi connectivity index (χ4v) is 1.20. The van der Waals surface area contributed by atoms with Gasteiger partial charge in [0.25, 0.3) is 5.69 Å². The standard InChI is InChI=1S/C9H9ClNO3/c1-6(5-12)7-2-3-8(10)9(4-7)11(13)14/h2-4,12H,5H2,1H3. The molecule has 0 unspecified atom stereocenters. The topological polar surface area (TPSA) is 63.4 Å². The summed E-state index contributed by atoms with van der Waals surface area (Å²) in [7, 11) is 0. The number of nitro groups is 1. The molecule has 0 aliphatic rings. The second kappa shape index (κ2) is 4.39. The molecule has 1 radical (unpaired) electrons. The fourth-order valence-electron chi connectivity index (χ4n) is 1.01. The first-order chi connectivity index (χ1) is 6.56. The Kier molecular flexibility index (Phi) is 3.43. The quantitative estimate of drug-likeness (QED) is 0.620. The minimum Gasteiger partial charge on any atom is -0.395 e. The molecule has 75 valence electrons. The highest BCUT2D eigenvalue weighted by atomic mass is 35.5. The lowest BCUT2D eigenvalue weighted by atomic mass is 10.0. The zero-order valence-electron chi connectivity index (χ0n) is 7.53. The minimum absolute atomic E-state index is 0.101. The summed E-state index contributed by atoms with van der Waals surface area (Å²) >= 11 is 5.63. The Balaban J connectivity index is 3.12. The first-order valence-corrected chi connectivity index (χ1v) is 4.31. The average molecular weight is 215 g/mol. The van der Waals surface area contributed by atoms with E-state index in [1.165, 1.54) is 12.1 Å². The third-order valence-corrected chi connectivity index (χ3v) is 2.19. The summed E-state index contributed by atoms with van der Waals surface area (Å²) in [6, 6.07) is 4.45. The Bertz CT molecular complexity index is 354.